The van der Waals surface area contributed by atoms with Crippen molar-refractivity contribution in [2.45, 2.75) is 6.54 Å². The molecule has 1 amide bonds. The Labute approximate surface area is 173 Å². The molecule has 0 saturated carbocycles. The third kappa shape index (κ3) is 4.48. The molecule has 0 aliphatic carbocycles. The molecule has 1 aliphatic heterocycles. The molecule has 0 bridgehead atoms. The fourth-order valence-corrected chi connectivity index (χ4v) is 3.67. The predicted octanol–water partition coefficient (Wildman–Crippen LogP) is 4.64. The second-order valence-electron chi connectivity index (χ2n) is 6.40. The maximum absolute atomic E-state index is 13.1. The standard InChI is InChI=1S/C23H18N2O3S/c24-15-18-5-3-17(4-6-18)7-10-23(26)25(16-20-2-1-13-29-20)19-8-9-21-22(14-19)28-12-11-27-21/h1-10,13-14H,11-12,16H2. The molecule has 0 N–H and O–H groups in total. The Morgan fingerprint density at radius 2 is 1.90 bits per heavy atom. The van der Waals surface area contributed by atoms with Gasteiger partial charge in [-0.3, -0.25) is 4.79 Å². The second kappa shape index (κ2) is 8.63. The van der Waals surface area contributed by atoms with Crippen LogP contribution in [0.5, 0.6) is 11.5 Å². The smallest absolute Gasteiger partial charge is 0.251 e. The van der Waals surface area contributed by atoms with Crippen molar-refractivity contribution < 1.29 is 14.3 Å². The van der Waals surface area contributed by atoms with E-state index in [0.717, 1.165) is 16.1 Å². The average molecular weight is 402 g/mol. The van der Waals surface area contributed by atoms with Crippen LogP contribution in [0.1, 0.15) is 16.0 Å². The summed E-state index contributed by atoms with van der Waals surface area (Å²) >= 11 is 1.61. The highest BCUT2D eigenvalue weighted by Gasteiger charge is 2.19. The Hall–Kier alpha value is -3.56. The minimum atomic E-state index is -0.139. The normalized spacial score (nSPS) is 12.5. The summed E-state index contributed by atoms with van der Waals surface area (Å²) in [6.07, 6.45) is 3.30. The van der Waals surface area contributed by atoms with Crippen LogP contribution in [0.4, 0.5) is 5.69 Å². The first-order chi connectivity index (χ1) is 14.2. The zero-order valence-electron chi connectivity index (χ0n) is 15.6. The molecule has 0 spiro atoms. The van der Waals surface area contributed by atoms with Crippen molar-refractivity contribution in [3.8, 4) is 17.6 Å². The van der Waals surface area contributed by atoms with Crippen LogP contribution in [0.25, 0.3) is 6.08 Å². The Morgan fingerprint density at radius 1 is 1.10 bits per heavy atom. The van der Waals surface area contributed by atoms with Crippen LogP contribution in [0.15, 0.2) is 66.1 Å². The molecule has 1 aromatic heterocycles. The number of carbonyl (C=O) groups is 1. The molecule has 0 atom stereocenters. The summed E-state index contributed by atoms with van der Waals surface area (Å²) in [6, 6.07) is 18.7. The first kappa shape index (κ1) is 18.8. The first-order valence-electron chi connectivity index (χ1n) is 9.15. The van der Waals surface area contributed by atoms with Gasteiger partial charge in [-0.1, -0.05) is 18.2 Å². The van der Waals surface area contributed by atoms with Crippen molar-refractivity contribution in [2.75, 3.05) is 18.1 Å². The maximum Gasteiger partial charge on any atom is 0.251 e. The van der Waals surface area contributed by atoms with Gasteiger partial charge in [-0.05, 0) is 47.4 Å². The number of fused-ring (bicyclic) bond motifs is 1. The van der Waals surface area contributed by atoms with Crippen LogP contribution in [0.3, 0.4) is 0 Å². The van der Waals surface area contributed by atoms with Gasteiger partial charge in [0.05, 0.1) is 18.2 Å². The number of ether oxygens (including phenoxy) is 2. The van der Waals surface area contributed by atoms with Crippen molar-refractivity contribution >= 4 is 29.0 Å². The van der Waals surface area contributed by atoms with E-state index in [0.29, 0.717) is 36.8 Å². The van der Waals surface area contributed by atoms with Crippen LogP contribution in [0, 0.1) is 11.3 Å². The average Bonchev–Trinajstić information content (AvgIpc) is 3.29. The van der Waals surface area contributed by atoms with Gasteiger partial charge in [-0.15, -0.1) is 11.3 Å². The van der Waals surface area contributed by atoms with Gasteiger partial charge in [0.1, 0.15) is 13.2 Å². The lowest BCUT2D eigenvalue weighted by Gasteiger charge is -2.24. The number of nitriles is 1. The maximum atomic E-state index is 13.1. The molecule has 29 heavy (non-hydrogen) atoms. The Morgan fingerprint density at radius 3 is 2.62 bits per heavy atom. The van der Waals surface area contributed by atoms with E-state index in [1.807, 2.05) is 47.8 Å². The largest absolute Gasteiger partial charge is 0.486 e. The van der Waals surface area contributed by atoms with Gasteiger partial charge in [0.15, 0.2) is 11.5 Å². The van der Waals surface area contributed by atoms with Gasteiger partial charge in [0.2, 0.25) is 0 Å². The monoisotopic (exact) mass is 402 g/mol. The van der Waals surface area contributed by atoms with Gasteiger partial charge in [-0.2, -0.15) is 5.26 Å². The molecule has 6 heteroatoms. The highest BCUT2D eigenvalue weighted by Crippen LogP contribution is 2.34. The molecule has 2 heterocycles. The third-order valence-corrected chi connectivity index (χ3v) is 5.32. The number of hydrogen-bond acceptors (Lipinski definition) is 5. The Balaban J connectivity index is 1.60. The first-order valence-corrected chi connectivity index (χ1v) is 10.0. The van der Waals surface area contributed by atoms with Crippen molar-refractivity contribution in [2.24, 2.45) is 0 Å². The number of nitrogens with zero attached hydrogens (tertiary/aromatic N) is 2. The Bertz CT molecular complexity index is 1070. The minimum absolute atomic E-state index is 0.139. The number of anilines is 1. The van der Waals surface area contributed by atoms with Crippen molar-refractivity contribution in [3.63, 3.8) is 0 Å². The van der Waals surface area contributed by atoms with Gasteiger partial charge in [0.25, 0.3) is 5.91 Å². The zero-order chi connectivity index (χ0) is 20.1. The van der Waals surface area contributed by atoms with Crippen LogP contribution >= 0.6 is 11.3 Å². The molecule has 0 radical (unpaired) electrons. The van der Waals surface area contributed by atoms with Gasteiger partial charge in [0, 0.05) is 22.7 Å². The van der Waals surface area contributed by atoms with Gasteiger partial charge >= 0.3 is 0 Å². The van der Waals surface area contributed by atoms with Crippen molar-refractivity contribution in [1.29, 1.82) is 5.26 Å². The predicted molar refractivity (Wildman–Crippen MR) is 113 cm³/mol. The quantitative estimate of drug-likeness (QED) is 0.584. The molecule has 1 aliphatic rings. The summed E-state index contributed by atoms with van der Waals surface area (Å²) in [5.41, 5.74) is 2.19. The summed E-state index contributed by atoms with van der Waals surface area (Å²) in [7, 11) is 0. The van der Waals surface area contributed by atoms with Crippen LogP contribution < -0.4 is 14.4 Å². The molecule has 0 saturated heterocycles. The van der Waals surface area contributed by atoms with Crippen LogP contribution in [0.2, 0.25) is 0 Å². The summed E-state index contributed by atoms with van der Waals surface area (Å²) in [4.78, 5) is 15.8. The van der Waals surface area contributed by atoms with E-state index in [2.05, 4.69) is 6.07 Å². The zero-order valence-corrected chi connectivity index (χ0v) is 16.4. The number of hydrogen-bond donors (Lipinski definition) is 0. The number of rotatable bonds is 5. The molecule has 2 aromatic carbocycles. The highest BCUT2D eigenvalue weighted by atomic mass is 32.1. The lowest BCUT2D eigenvalue weighted by atomic mass is 10.1. The van der Waals surface area contributed by atoms with E-state index < -0.39 is 0 Å². The fraction of sp³-hybridized carbons (Fsp3) is 0.130. The van der Waals surface area contributed by atoms with E-state index >= 15 is 0 Å². The summed E-state index contributed by atoms with van der Waals surface area (Å²) in [6.45, 7) is 1.49. The van der Waals surface area contributed by atoms with E-state index in [9.17, 15) is 4.79 Å². The second-order valence-corrected chi connectivity index (χ2v) is 7.43. The van der Waals surface area contributed by atoms with E-state index in [4.69, 9.17) is 14.7 Å². The van der Waals surface area contributed by atoms with Crippen molar-refractivity contribution in [3.05, 3.63) is 82.1 Å². The molecule has 5 nitrogen and oxygen atoms in total. The Kier molecular flexibility index (Phi) is 5.59. The molecule has 0 unspecified atom stereocenters. The van der Waals surface area contributed by atoms with E-state index in [-0.39, 0.29) is 5.91 Å². The minimum Gasteiger partial charge on any atom is -0.486 e. The summed E-state index contributed by atoms with van der Waals surface area (Å²) < 4.78 is 11.3. The molecule has 3 aromatic rings. The summed E-state index contributed by atoms with van der Waals surface area (Å²) in [5.74, 6) is 1.20. The SMILES string of the molecule is N#Cc1ccc(C=CC(=O)N(Cc2cccs2)c2ccc3c(c2)OCCO3)cc1. The lowest BCUT2D eigenvalue weighted by molar-refractivity contribution is -0.114. The number of thiophene rings is 1. The molecule has 0 fully saturated rings. The molecule has 4 rings (SSSR count). The van der Waals surface area contributed by atoms with Crippen LogP contribution in [-0.4, -0.2) is 19.1 Å². The van der Waals surface area contributed by atoms with E-state index in [1.54, 1.807) is 40.5 Å². The third-order valence-electron chi connectivity index (χ3n) is 4.46. The summed E-state index contributed by atoms with van der Waals surface area (Å²) in [5, 5.41) is 10.9. The molecular formula is C23H18N2O3S. The number of amides is 1. The molecule has 144 valence electrons. The lowest BCUT2D eigenvalue weighted by Crippen LogP contribution is -2.28. The fourth-order valence-electron chi connectivity index (χ4n) is 2.98. The highest BCUT2D eigenvalue weighted by molar-refractivity contribution is 7.09. The molecular weight excluding hydrogens is 384 g/mol. The number of benzene rings is 2. The van der Waals surface area contributed by atoms with Crippen molar-refractivity contribution in [1.82, 2.24) is 0 Å². The van der Waals surface area contributed by atoms with Gasteiger partial charge < -0.3 is 14.4 Å². The topological polar surface area (TPSA) is 62.6 Å². The van der Waals surface area contributed by atoms with E-state index in [1.165, 1.54) is 0 Å². The number of carbonyl (C=O) groups excluding carboxylic acids is 1. The van der Waals surface area contributed by atoms with Gasteiger partial charge in [-0.25, -0.2) is 0 Å². The van der Waals surface area contributed by atoms with Crippen LogP contribution in [-0.2, 0) is 11.3 Å².